The van der Waals surface area contributed by atoms with Gasteiger partial charge in [0.05, 0.1) is 37.4 Å². The fourth-order valence-electron chi connectivity index (χ4n) is 6.13. The van der Waals surface area contributed by atoms with Crippen LogP contribution in [0.1, 0.15) is 32.3 Å². The number of hydrogen-bond acceptors (Lipinski definition) is 5. The molecule has 4 aliphatic rings. The summed E-state index contributed by atoms with van der Waals surface area (Å²) in [6.45, 7) is 4.76. The first kappa shape index (κ1) is 18.6. The van der Waals surface area contributed by atoms with Gasteiger partial charge in [-0.25, -0.2) is 4.79 Å². The number of nitrogens with zero attached hydrogens (tertiary/aromatic N) is 1. The van der Waals surface area contributed by atoms with Crippen molar-refractivity contribution < 1.29 is 23.7 Å². The molecule has 1 aromatic carbocycles. The molecule has 1 aromatic rings. The maximum atomic E-state index is 14.0. The Balaban J connectivity index is 1.57. The van der Waals surface area contributed by atoms with Crippen molar-refractivity contribution in [2.75, 3.05) is 25.0 Å². The molecule has 0 saturated carbocycles. The summed E-state index contributed by atoms with van der Waals surface area (Å²) in [5.41, 5.74) is 1.39. The van der Waals surface area contributed by atoms with E-state index in [-0.39, 0.29) is 36.4 Å². The summed E-state index contributed by atoms with van der Waals surface area (Å²) in [4.78, 5) is 25.8. The van der Waals surface area contributed by atoms with Crippen molar-refractivity contribution in [3.8, 4) is 0 Å². The molecule has 2 fully saturated rings. The van der Waals surface area contributed by atoms with E-state index in [0.717, 1.165) is 11.3 Å². The van der Waals surface area contributed by atoms with Gasteiger partial charge in [0, 0.05) is 24.4 Å². The molecule has 2 saturated heterocycles. The Bertz CT molecular complexity index is 914. The molecule has 1 N–H and O–H groups in total. The Morgan fingerprint density at radius 2 is 2.21 bits per heavy atom. The SMILES string of the molecule is CCOC(=O)C1=CO[C@@H](C)[C@H]2C[N+]3([O-])CC[C@]4(C(=O)Nc5ccccc54)[C@@H]3C[C@H]12. The maximum Gasteiger partial charge on any atom is 0.337 e. The maximum absolute atomic E-state index is 14.0. The van der Waals surface area contributed by atoms with E-state index in [1.807, 2.05) is 31.2 Å². The number of carbonyl (C=O) groups excluding carboxylic acids is 2. The summed E-state index contributed by atoms with van der Waals surface area (Å²) in [5, 5.41) is 17.0. The lowest BCUT2D eigenvalue weighted by Crippen LogP contribution is -2.63. The van der Waals surface area contributed by atoms with E-state index in [4.69, 9.17) is 9.47 Å². The Kier molecular flexibility index (Phi) is 4.05. The van der Waals surface area contributed by atoms with E-state index in [2.05, 4.69) is 5.32 Å². The number of hydrogen-bond donors (Lipinski definition) is 1. The standard InChI is InChI=1S/C22H26N2O5/c1-3-28-20(25)16-12-29-13(2)15-11-24(27)9-8-22(19(24)10-14(15)16)17-6-4-5-7-18(17)23-21(22)26/h4-7,12-15,19H,3,8-11H2,1-2H3,(H,23,26)/t13-,14-,15+,19-,22+,24?/m0/s1. The molecule has 0 aromatic heterocycles. The number of piperidine rings is 1. The minimum Gasteiger partial charge on any atom is -0.633 e. The number of para-hydroxylation sites is 1. The van der Waals surface area contributed by atoms with Crippen LogP contribution < -0.4 is 5.32 Å². The third-order valence-corrected chi connectivity index (χ3v) is 7.52. The van der Waals surface area contributed by atoms with Crippen LogP contribution in [0.3, 0.4) is 0 Å². The van der Waals surface area contributed by atoms with Crippen molar-refractivity contribution in [3.05, 3.63) is 46.9 Å². The van der Waals surface area contributed by atoms with Gasteiger partial charge in [-0.2, -0.15) is 0 Å². The van der Waals surface area contributed by atoms with Crippen molar-refractivity contribution in [1.82, 2.24) is 0 Å². The summed E-state index contributed by atoms with van der Waals surface area (Å²) in [6, 6.07) is 7.25. The largest absolute Gasteiger partial charge is 0.633 e. The number of benzene rings is 1. The molecule has 7 heteroatoms. The van der Waals surface area contributed by atoms with Crippen molar-refractivity contribution in [2.24, 2.45) is 11.8 Å². The molecular weight excluding hydrogens is 372 g/mol. The van der Waals surface area contributed by atoms with Gasteiger partial charge in [0.2, 0.25) is 5.91 Å². The first-order valence-corrected chi connectivity index (χ1v) is 10.4. The average molecular weight is 398 g/mol. The molecule has 6 atom stereocenters. The van der Waals surface area contributed by atoms with Gasteiger partial charge in [0.15, 0.2) is 0 Å². The molecule has 29 heavy (non-hydrogen) atoms. The van der Waals surface area contributed by atoms with E-state index in [0.29, 0.717) is 31.5 Å². The monoisotopic (exact) mass is 398 g/mol. The third-order valence-electron chi connectivity index (χ3n) is 7.52. The molecule has 154 valence electrons. The quantitative estimate of drug-likeness (QED) is 0.470. The zero-order valence-corrected chi connectivity index (χ0v) is 16.7. The van der Waals surface area contributed by atoms with Crippen LogP contribution >= 0.6 is 0 Å². The second-order valence-corrected chi connectivity index (χ2v) is 8.74. The van der Waals surface area contributed by atoms with Gasteiger partial charge in [-0.15, -0.1) is 0 Å². The van der Waals surface area contributed by atoms with E-state index in [1.165, 1.54) is 6.26 Å². The van der Waals surface area contributed by atoms with E-state index < -0.39 is 16.1 Å². The van der Waals surface area contributed by atoms with Crippen molar-refractivity contribution in [3.63, 3.8) is 0 Å². The predicted octanol–water partition coefficient (Wildman–Crippen LogP) is 2.47. The number of rotatable bonds is 2. The summed E-state index contributed by atoms with van der Waals surface area (Å²) >= 11 is 0. The Labute approximate surface area is 169 Å². The molecule has 4 heterocycles. The average Bonchev–Trinajstić information content (AvgIpc) is 3.16. The van der Waals surface area contributed by atoms with Crippen molar-refractivity contribution in [1.29, 1.82) is 0 Å². The molecular formula is C22H26N2O5. The second kappa shape index (κ2) is 6.31. The highest BCUT2D eigenvalue weighted by molar-refractivity contribution is 6.07. The number of esters is 1. The Morgan fingerprint density at radius 1 is 1.41 bits per heavy atom. The third kappa shape index (κ3) is 2.43. The molecule has 1 amide bonds. The number of anilines is 1. The van der Waals surface area contributed by atoms with Gasteiger partial charge < -0.3 is 24.6 Å². The lowest BCUT2D eigenvalue weighted by Gasteiger charge is -2.56. The van der Waals surface area contributed by atoms with Crippen LogP contribution in [-0.4, -0.2) is 48.4 Å². The first-order valence-electron chi connectivity index (χ1n) is 10.4. The van der Waals surface area contributed by atoms with Crippen LogP contribution in [0, 0.1) is 17.0 Å². The topological polar surface area (TPSA) is 87.7 Å². The highest BCUT2D eigenvalue weighted by Gasteiger charge is 2.66. The van der Waals surface area contributed by atoms with Crippen LogP contribution in [-0.2, 0) is 24.5 Å². The predicted molar refractivity (Wildman–Crippen MR) is 105 cm³/mol. The minimum absolute atomic E-state index is 0.0667. The van der Waals surface area contributed by atoms with Gasteiger partial charge in [-0.3, -0.25) is 4.79 Å². The van der Waals surface area contributed by atoms with Crippen LogP contribution in [0.4, 0.5) is 5.69 Å². The number of ether oxygens (including phenoxy) is 2. The second-order valence-electron chi connectivity index (χ2n) is 8.74. The van der Waals surface area contributed by atoms with Gasteiger partial charge in [0.25, 0.3) is 0 Å². The van der Waals surface area contributed by atoms with Crippen LogP contribution in [0.5, 0.6) is 0 Å². The lowest BCUT2D eigenvalue weighted by molar-refractivity contribution is -0.905. The number of carbonyl (C=O) groups is 2. The summed E-state index contributed by atoms with van der Waals surface area (Å²) in [7, 11) is 0. The molecule has 1 spiro atoms. The fraction of sp³-hybridized carbons (Fsp3) is 0.545. The molecule has 4 aliphatic heterocycles. The van der Waals surface area contributed by atoms with E-state index >= 15 is 0 Å². The highest BCUT2D eigenvalue weighted by Crippen LogP contribution is 2.56. The lowest BCUT2D eigenvalue weighted by atomic mass is 9.66. The molecule has 0 radical (unpaired) electrons. The highest BCUT2D eigenvalue weighted by atomic mass is 16.6. The minimum atomic E-state index is -0.829. The van der Waals surface area contributed by atoms with Crippen LogP contribution in [0.2, 0.25) is 0 Å². The summed E-state index contributed by atoms with van der Waals surface area (Å²) in [6.07, 6.45) is 2.37. The normalized spacial score (nSPS) is 39.7. The van der Waals surface area contributed by atoms with Crippen LogP contribution in [0.15, 0.2) is 36.1 Å². The number of fused-ring (bicyclic) bond motifs is 5. The van der Waals surface area contributed by atoms with Crippen LogP contribution in [0.25, 0.3) is 0 Å². The number of quaternary nitrogens is 1. The Morgan fingerprint density at radius 3 is 3.00 bits per heavy atom. The summed E-state index contributed by atoms with van der Waals surface area (Å²) < 4.78 is 10.6. The van der Waals surface area contributed by atoms with E-state index in [9.17, 15) is 14.8 Å². The first-order chi connectivity index (χ1) is 13.9. The Hall–Kier alpha value is -2.38. The molecule has 7 nitrogen and oxygen atoms in total. The molecule has 5 rings (SSSR count). The van der Waals surface area contributed by atoms with Gasteiger partial charge in [0.1, 0.15) is 17.6 Å². The smallest absolute Gasteiger partial charge is 0.337 e. The van der Waals surface area contributed by atoms with E-state index in [1.54, 1.807) is 6.92 Å². The molecule has 0 aliphatic carbocycles. The van der Waals surface area contributed by atoms with Crippen molar-refractivity contribution >= 4 is 17.6 Å². The number of nitrogens with one attached hydrogen (secondary N) is 1. The van der Waals surface area contributed by atoms with Gasteiger partial charge in [-0.1, -0.05) is 18.2 Å². The zero-order chi connectivity index (χ0) is 20.4. The number of amides is 1. The molecule has 0 bridgehead atoms. The van der Waals surface area contributed by atoms with Crippen molar-refractivity contribution in [2.45, 2.75) is 44.2 Å². The zero-order valence-electron chi connectivity index (χ0n) is 16.7. The fourth-order valence-corrected chi connectivity index (χ4v) is 6.13. The summed E-state index contributed by atoms with van der Waals surface area (Å²) in [5.74, 6) is -0.676. The molecule has 1 unspecified atom stereocenters. The number of hydroxylamine groups is 3. The van der Waals surface area contributed by atoms with Gasteiger partial charge >= 0.3 is 5.97 Å². The van der Waals surface area contributed by atoms with Gasteiger partial charge in [-0.05, 0) is 25.5 Å².